The molecule has 0 saturated heterocycles. The van der Waals surface area contributed by atoms with Gasteiger partial charge in [0, 0.05) is 18.6 Å². The van der Waals surface area contributed by atoms with Crippen LogP contribution in [0.1, 0.15) is 11.1 Å². The molecule has 0 aliphatic carbocycles. The molecule has 1 rings (SSSR count). The molecule has 0 aliphatic rings. The minimum absolute atomic E-state index is 0.533. The Labute approximate surface area is 110 Å². The molecule has 0 atom stereocenters. The van der Waals surface area contributed by atoms with Crippen molar-refractivity contribution in [2.45, 2.75) is 13.3 Å². The first kappa shape index (κ1) is 12.1. The van der Waals surface area contributed by atoms with Crippen molar-refractivity contribution in [1.82, 2.24) is 0 Å². The van der Waals surface area contributed by atoms with Crippen molar-refractivity contribution in [3.63, 3.8) is 0 Å². The quantitative estimate of drug-likeness (QED) is 0.311. The highest BCUT2D eigenvalue weighted by molar-refractivity contribution is 14.1. The Balaban J connectivity index is 2.86. The Morgan fingerprint density at radius 2 is 2.07 bits per heavy atom. The lowest BCUT2D eigenvalue weighted by Gasteiger charge is -2.05. The topological polar surface area (TPSA) is 48.8 Å². The van der Waals surface area contributed by atoms with Gasteiger partial charge in [0.25, 0.3) is 0 Å². The van der Waals surface area contributed by atoms with E-state index < -0.39 is 0 Å². The summed E-state index contributed by atoms with van der Waals surface area (Å²) >= 11 is 4.64. The van der Waals surface area contributed by atoms with Gasteiger partial charge in [0.1, 0.15) is 0 Å². The van der Waals surface area contributed by atoms with Crippen LogP contribution in [0.15, 0.2) is 17.2 Å². The van der Waals surface area contributed by atoms with E-state index in [-0.39, 0.29) is 0 Å². The first-order chi connectivity index (χ1) is 6.65. The van der Waals surface area contributed by atoms with E-state index in [4.69, 9.17) is 5.53 Å². The molecule has 0 bridgehead atoms. The standard InChI is InChI=1S/C9H9I2N3/c1-6-4-9(11)7(5-8(6)10)2-3-13-14-12/h4-5H,2-3H2,1H3. The maximum absolute atomic E-state index is 8.17. The summed E-state index contributed by atoms with van der Waals surface area (Å²) in [5, 5.41) is 3.54. The Bertz CT molecular complexity index is 384. The molecule has 1 aromatic carbocycles. The minimum atomic E-state index is 0.533. The van der Waals surface area contributed by atoms with Gasteiger partial charge in [0.05, 0.1) is 0 Å². The number of hydrogen-bond acceptors (Lipinski definition) is 1. The second-order valence-electron chi connectivity index (χ2n) is 2.90. The number of aryl methyl sites for hydroxylation is 1. The third-order valence-electron chi connectivity index (χ3n) is 1.87. The highest BCUT2D eigenvalue weighted by Crippen LogP contribution is 2.20. The van der Waals surface area contributed by atoms with Gasteiger partial charge in [-0.1, -0.05) is 5.11 Å². The molecule has 0 radical (unpaired) electrons. The summed E-state index contributed by atoms with van der Waals surface area (Å²) in [5.74, 6) is 0. The molecule has 0 heterocycles. The Kier molecular flexibility index (Phi) is 4.97. The van der Waals surface area contributed by atoms with E-state index in [1.807, 2.05) is 0 Å². The van der Waals surface area contributed by atoms with Crippen LogP contribution in [-0.4, -0.2) is 6.54 Å². The monoisotopic (exact) mass is 413 g/mol. The predicted octanol–water partition coefficient (Wildman–Crippen LogP) is 4.06. The SMILES string of the molecule is Cc1cc(I)c(CCN=[N+]=[N-])cc1I. The first-order valence-corrected chi connectivity index (χ1v) is 6.26. The molecule has 0 aliphatic heterocycles. The van der Waals surface area contributed by atoms with Crippen LogP contribution in [0.2, 0.25) is 0 Å². The van der Waals surface area contributed by atoms with Crippen LogP contribution >= 0.6 is 45.2 Å². The predicted molar refractivity (Wildman–Crippen MR) is 74.3 cm³/mol. The fourth-order valence-corrected chi connectivity index (χ4v) is 2.52. The molecule has 0 aromatic heterocycles. The van der Waals surface area contributed by atoms with Crippen molar-refractivity contribution in [3.8, 4) is 0 Å². The van der Waals surface area contributed by atoms with E-state index in [1.54, 1.807) is 0 Å². The lowest BCUT2D eigenvalue weighted by atomic mass is 10.1. The Morgan fingerprint density at radius 1 is 1.36 bits per heavy atom. The van der Waals surface area contributed by atoms with Gasteiger partial charge in [-0.2, -0.15) is 0 Å². The summed E-state index contributed by atoms with van der Waals surface area (Å²) < 4.78 is 2.51. The Hall–Kier alpha value is -0.0100. The van der Waals surface area contributed by atoms with Crippen LogP contribution in [0.3, 0.4) is 0 Å². The van der Waals surface area contributed by atoms with E-state index in [2.05, 4.69) is 74.3 Å². The molecule has 0 fully saturated rings. The molecule has 0 spiro atoms. The maximum Gasteiger partial charge on any atom is 0.0298 e. The second-order valence-corrected chi connectivity index (χ2v) is 5.22. The van der Waals surface area contributed by atoms with Crippen molar-refractivity contribution >= 4 is 45.2 Å². The van der Waals surface area contributed by atoms with Gasteiger partial charge < -0.3 is 0 Å². The van der Waals surface area contributed by atoms with E-state index in [9.17, 15) is 0 Å². The van der Waals surface area contributed by atoms with E-state index in [0.717, 1.165) is 6.42 Å². The minimum Gasteiger partial charge on any atom is -0.0936 e. The van der Waals surface area contributed by atoms with Gasteiger partial charge in [0.15, 0.2) is 0 Å². The number of halogens is 2. The molecular weight excluding hydrogens is 404 g/mol. The third-order valence-corrected chi connectivity index (χ3v) is 4.04. The van der Waals surface area contributed by atoms with Gasteiger partial charge >= 0.3 is 0 Å². The summed E-state index contributed by atoms with van der Waals surface area (Å²) in [6.45, 7) is 2.63. The normalized spacial score (nSPS) is 9.64. The number of azide groups is 1. The molecule has 0 N–H and O–H groups in total. The van der Waals surface area contributed by atoms with Crippen LogP contribution in [0, 0.1) is 14.1 Å². The first-order valence-electron chi connectivity index (χ1n) is 4.10. The molecule has 14 heavy (non-hydrogen) atoms. The zero-order chi connectivity index (χ0) is 10.6. The van der Waals surface area contributed by atoms with Crippen LogP contribution in [0.4, 0.5) is 0 Å². The smallest absolute Gasteiger partial charge is 0.0298 e. The molecule has 0 amide bonds. The van der Waals surface area contributed by atoms with Crippen molar-refractivity contribution in [2.24, 2.45) is 5.11 Å². The molecule has 0 saturated carbocycles. The average molecular weight is 413 g/mol. The zero-order valence-corrected chi connectivity index (χ0v) is 12.0. The van der Waals surface area contributed by atoms with E-state index >= 15 is 0 Å². The molecule has 74 valence electrons. The molecular formula is C9H9I2N3. The van der Waals surface area contributed by atoms with E-state index in [0.29, 0.717) is 6.54 Å². The van der Waals surface area contributed by atoms with Crippen molar-refractivity contribution in [1.29, 1.82) is 0 Å². The largest absolute Gasteiger partial charge is 0.0936 e. The van der Waals surface area contributed by atoms with Crippen LogP contribution in [-0.2, 0) is 6.42 Å². The summed E-state index contributed by atoms with van der Waals surface area (Å²) in [5.41, 5.74) is 10.7. The zero-order valence-electron chi connectivity index (χ0n) is 7.67. The van der Waals surface area contributed by atoms with Crippen molar-refractivity contribution < 1.29 is 0 Å². The van der Waals surface area contributed by atoms with Crippen LogP contribution in [0.5, 0.6) is 0 Å². The lowest BCUT2D eigenvalue weighted by Crippen LogP contribution is -1.95. The highest BCUT2D eigenvalue weighted by Gasteiger charge is 2.02. The molecule has 5 heteroatoms. The number of benzene rings is 1. The summed E-state index contributed by atoms with van der Waals surface area (Å²) in [7, 11) is 0. The second kappa shape index (κ2) is 5.77. The van der Waals surface area contributed by atoms with Gasteiger partial charge in [0.2, 0.25) is 0 Å². The maximum atomic E-state index is 8.17. The molecule has 1 aromatic rings. The number of rotatable bonds is 3. The van der Waals surface area contributed by atoms with Crippen molar-refractivity contribution in [3.05, 3.63) is 40.8 Å². The van der Waals surface area contributed by atoms with Crippen LogP contribution < -0.4 is 0 Å². The van der Waals surface area contributed by atoms with E-state index in [1.165, 1.54) is 18.3 Å². The Morgan fingerprint density at radius 3 is 2.71 bits per heavy atom. The van der Waals surface area contributed by atoms with Gasteiger partial charge in [-0.15, -0.1) is 0 Å². The average Bonchev–Trinajstić information content (AvgIpc) is 2.14. The summed E-state index contributed by atoms with van der Waals surface area (Å²) in [4.78, 5) is 2.74. The van der Waals surface area contributed by atoms with Crippen LogP contribution in [0.25, 0.3) is 10.4 Å². The fraction of sp³-hybridized carbons (Fsp3) is 0.333. The summed E-state index contributed by atoms with van der Waals surface area (Å²) in [6.07, 6.45) is 0.818. The fourth-order valence-electron chi connectivity index (χ4n) is 1.09. The van der Waals surface area contributed by atoms with Gasteiger partial charge in [-0.05, 0) is 87.3 Å². The lowest BCUT2D eigenvalue weighted by molar-refractivity contribution is 0.948. The third kappa shape index (κ3) is 3.29. The van der Waals surface area contributed by atoms with Gasteiger partial charge in [-0.25, -0.2) is 0 Å². The molecule has 3 nitrogen and oxygen atoms in total. The number of nitrogens with zero attached hydrogens (tertiary/aromatic N) is 3. The van der Waals surface area contributed by atoms with Crippen molar-refractivity contribution in [2.75, 3.05) is 6.54 Å². The van der Waals surface area contributed by atoms with Gasteiger partial charge in [-0.3, -0.25) is 0 Å². The summed E-state index contributed by atoms with van der Waals surface area (Å²) in [6, 6.07) is 4.32. The highest BCUT2D eigenvalue weighted by atomic mass is 127. The number of hydrogen-bond donors (Lipinski definition) is 0. The molecule has 0 unspecified atom stereocenters.